The van der Waals surface area contributed by atoms with Gasteiger partial charge in [-0.3, -0.25) is 9.48 Å². The van der Waals surface area contributed by atoms with Crippen LogP contribution in [0.5, 0.6) is 0 Å². The molecule has 2 aromatic heterocycles. The van der Waals surface area contributed by atoms with Crippen molar-refractivity contribution in [1.82, 2.24) is 14.8 Å². The van der Waals surface area contributed by atoms with Gasteiger partial charge in [-0.15, -0.1) is 0 Å². The third kappa shape index (κ3) is 2.77. The van der Waals surface area contributed by atoms with E-state index in [0.717, 1.165) is 33.7 Å². The van der Waals surface area contributed by atoms with Crippen LogP contribution >= 0.6 is 0 Å². The molecule has 2 heterocycles. The molecule has 0 atom stereocenters. The number of fused-ring (bicyclic) bond motifs is 1. The molecule has 1 N–H and O–H groups in total. The SMILES string of the molecule is Cc1cc(C(=O)Nc2ccccc2C(C)C)c2c(C)nn(C)c2n1. The number of nitrogens with one attached hydrogen (secondary N) is 1. The van der Waals surface area contributed by atoms with Gasteiger partial charge in [-0.2, -0.15) is 5.10 Å². The van der Waals surface area contributed by atoms with Gasteiger partial charge in [0.25, 0.3) is 5.91 Å². The van der Waals surface area contributed by atoms with Crippen molar-refractivity contribution in [2.45, 2.75) is 33.6 Å². The summed E-state index contributed by atoms with van der Waals surface area (Å²) in [6.45, 7) is 8.02. The number of benzene rings is 1. The van der Waals surface area contributed by atoms with Crippen LogP contribution in [0.4, 0.5) is 5.69 Å². The molecule has 0 saturated heterocycles. The average molecular weight is 322 g/mol. The number of nitrogens with zero attached hydrogens (tertiary/aromatic N) is 3. The summed E-state index contributed by atoms with van der Waals surface area (Å²) in [5, 5.41) is 8.27. The molecule has 0 radical (unpaired) electrons. The summed E-state index contributed by atoms with van der Waals surface area (Å²) in [7, 11) is 1.84. The lowest BCUT2D eigenvalue weighted by atomic mass is 10.0. The molecule has 0 aliphatic heterocycles. The summed E-state index contributed by atoms with van der Waals surface area (Å²) >= 11 is 0. The highest BCUT2D eigenvalue weighted by Gasteiger charge is 2.18. The number of anilines is 1. The van der Waals surface area contributed by atoms with Gasteiger partial charge in [-0.05, 0) is 37.5 Å². The minimum absolute atomic E-state index is 0.130. The Bertz CT molecular complexity index is 925. The standard InChI is InChI=1S/C19H22N4O/c1-11(2)14-8-6-7-9-16(14)21-19(24)15-10-12(3)20-18-17(15)13(4)22-23(18)5/h6-11H,1-5H3,(H,21,24). The molecule has 5 nitrogen and oxygen atoms in total. The van der Waals surface area contributed by atoms with Gasteiger partial charge < -0.3 is 5.32 Å². The maximum atomic E-state index is 12.9. The Morgan fingerprint density at radius 2 is 1.92 bits per heavy atom. The topological polar surface area (TPSA) is 59.8 Å². The van der Waals surface area contributed by atoms with E-state index >= 15 is 0 Å². The van der Waals surface area contributed by atoms with Crippen molar-refractivity contribution in [2.75, 3.05) is 5.32 Å². The first-order chi connectivity index (χ1) is 11.4. The molecule has 0 aliphatic rings. The Balaban J connectivity index is 2.07. The Morgan fingerprint density at radius 1 is 1.21 bits per heavy atom. The van der Waals surface area contributed by atoms with Crippen molar-refractivity contribution in [3.05, 3.63) is 52.8 Å². The summed E-state index contributed by atoms with van der Waals surface area (Å²) in [4.78, 5) is 17.5. The van der Waals surface area contributed by atoms with Gasteiger partial charge in [0.05, 0.1) is 16.6 Å². The van der Waals surface area contributed by atoms with Crippen LogP contribution < -0.4 is 5.32 Å². The van der Waals surface area contributed by atoms with Gasteiger partial charge in [0.15, 0.2) is 5.65 Å². The third-order valence-electron chi connectivity index (χ3n) is 4.17. The minimum Gasteiger partial charge on any atom is -0.322 e. The molecule has 3 rings (SSSR count). The number of hydrogen-bond acceptors (Lipinski definition) is 3. The quantitative estimate of drug-likeness (QED) is 0.794. The van der Waals surface area contributed by atoms with E-state index in [1.807, 2.05) is 51.2 Å². The summed E-state index contributed by atoms with van der Waals surface area (Å²) < 4.78 is 1.72. The zero-order chi connectivity index (χ0) is 17.4. The molecular formula is C19H22N4O. The molecule has 0 unspecified atom stereocenters. The molecule has 0 spiro atoms. The molecule has 3 aromatic rings. The summed E-state index contributed by atoms with van der Waals surface area (Å²) in [6.07, 6.45) is 0. The van der Waals surface area contributed by atoms with Gasteiger partial charge in [0.1, 0.15) is 0 Å². The van der Waals surface area contributed by atoms with Crippen molar-refractivity contribution in [3.63, 3.8) is 0 Å². The van der Waals surface area contributed by atoms with Gasteiger partial charge in [-0.1, -0.05) is 32.0 Å². The van der Waals surface area contributed by atoms with Crippen molar-refractivity contribution in [2.24, 2.45) is 7.05 Å². The van der Waals surface area contributed by atoms with Crippen molar-refractivity contribution < 1.29 is 4.79 Å². The molecule has 0 aliphatic carbocycles. The molecule has 5 heteroatoms. The van der Waals surface area contributed by atoms with Gasteiger partial charge in [0, 0.05) is 18.4 Å². The molecular weight excluding hydrogens is 300 g/mol. The van der Waals surface area contributed by atoms with Crippen LogP contribution in [-0.4, -0.2) is 20.7 Å². The van der Waals surface area contributed by atoms with Crippen LogP contribution in [0.1, 0.15) is 47.1 Å². The maximum absolute atomic E-state index is 12.9. The molecule has 0 saturated carbocycles. The zero-order valence-electron chi connectivity index (χ0n) is 14.7. The molecule has 0 fully saturated rings. The average Bonchev–Trinajstić information content (AvgIpc) is 2.81. The first kappa shape index (κ1) is 16.2. The fraction of sp³-hybridized carbons (Fsp3) is 0.316. The van der Waals surface area contributed by atoms with Crippen LogP contribution in [0, 0.1) is 13.8 Å². The fourth-order valence-electron chi connectivity index (χ4n) is 3.05. The maximum Gasteiger partial charge on any atom is 0.256 e. The predicted octanol–water partition coefficient (Wildman–Crippen LogP) is 3.96. The predicted molar refractivity (Wildman–Crippen MR) is 96.5 cm³/mol. The van der Waals surface area contributed by atoms with E-state index in [1.165, 1.54) is 0 Å². The summed E-state index contributed by atoms with van der Waals surface area (Å²) in [5.41, 5.74) is 4.92. The molecule has 24 heavy (non-hydrogen) atoms. The smallest absolute Gasteiger partial charge is 0.256 e. The second kappa shape index (κ2) is 6.07. The van der Waals surface area contributed by atoms with Crippen molar-refractivity contribution >= 4 is 22.6 Å². The second-order valence-corrected chi connectivity index (χ2v) is 6.41. The largest absolute Gasteiger partial charge is 0.322 e. The van der Waals surface area contributed by atoms with E-state index in [9.17, 15) is 4.79 Å². The highest BCUT2D eigenvalue weighted by atomic mass is 16.1. The van der Waals surface area contributed by atoms with Gasteiger partial charge >= 0.3 is 0 Å². The lowest BCUT2D eigenvalue weighted by Gasteiger charge is -2.14. The Labute approximate surface area is 141 Å². The number of carbonyl (C=O) groups excluding carboxylic acids is 1. The van der Waals surface area contributed by atoms with E-state index in [0.29, 0.717) is 11.5 Å². The van der Waals surface area contributed by atoms with E-state index in [2.05, 4.69) is 29.2 Å². The van der Waals surface area contributed by atoms with Crippen LogP contribution in [0.25, 0.3) is 11.0 Å². The fourth-order valence-corrected chi connectivity index (χ4v) is 3.05. The molecule has 1 amide bonds. The number of aromatic nitrogens is 3. The molecule has 0 bridgehead atoms. The minimum atomic E-state index is -0.130. The monoisotopic (exact) mass is 322 g/mol. The first-order valence-corrected chi connectivity index (χ1v) is 8.09. The highest BCUT2D eigenvalue weighted by molar-refractivity contribution is 6.12. The lowest BCUT2D eigenvalue weighted by Crippen LogP contribution is -2.15. The number of carbonyl (C=O) groups is 1. The van der Waals surface area contributed by atoms with Crippen LogP contribution in [0.2, 0.25) is 0 Å². The van der Waals surface area contributed by atoms with Gasteiger partial charge in [0.2, 0.25) is 0 Å². The number of hydrogen-bond donors (Lipinski definition) is 1. The van der Waals surface area contributed by atoms with Crippen LogP contribution in [0.15, 0.2) is 30.3 Å². The molecule has 124 valence electrons. The van der Waals surface area contributed by atoms with Gasteiger partial charge in [-0.25, -0.2) is 4.98 Å². The number of amides is 1. The lowest BCUT2D eigenvalue weighted by molar-refractivity contribution is 0.102. The number of pyridine rings is 1. The number of rotatable bonds is 3. The van der Waals surface area contributed by atoms with Crippen LogP contribution in [0.3, 0.4) is 0 Å². The second-order valence-electron chi connectivity index (χ2n) is 6.41. The van der Waals surface area contributed by atoms with E-state index in [-0.39, 0.29) is 5.91 Å². The van der Waals surface area contributed by atoms with Crippen molar-refractivity contribution in [3.8, 4) is 0 Å². The number of aryl methyl sites for hydroxylation is 3. The Hall–Kier alpha value is -2.69. The molecule has 1 aromatic carbocycles. The highest BCUT2D eigenvalue weighted by Crippen LogP contribution is 2.26. The van der Waals surface area contributed by atoms with E-state index in [4.69, 9.17) is 0 Å². The zero-order valence-corrected chi connectivity index (χ0v) is 14.7. The van der Waals surface area contributed by atoms with E-state index in [1.54, 1.807) is 4.68 Å². The number of para-hydroxylation sites is 1. The third-order valence-corrected chi connectivity index (χ3v) is 4.17. The normalized spacial score (nSPS) is 11.2. The van der Waals surface area contributed by atoms with Crippen molar-refractivity contribution in [1.29, 1.82) is 0 Å². The first-order valence-electron chi connectivity index (χ1n) is 8.09. The summed E-state index contributed by atoms with van der Waals surface area (Å²) in [6, 6.07) is 9.73. The van der Waals surface area contributed by atoms with Crippen LogP contribution in [-0.2, 0) is 7.05 Å². The Kier molecular flexibility index (Phi) is 4.09. The van der Waals surface area contributed by atoms with E-state index < -0.39 is 0 Å². The summed E-state index contributed by atoms with van der Waals surface area (Å²) in [5.74, 6) is 0.204. The Morgan fingerprint density at radius 3 is 2.62 bits per heavy atom.